The molecule has 92 valence electrons. The lowest BCUT2D eigenvalue weighted by Crippen LogP contribution is -2.08. The Kier molecular flexibility index (Phi) is 4.39. The van der Waals surface area contributed by atoms with E-state index in [9.17, 15) is 19.3 Å². The van der Waals surface area contributed by atoms with Crippen LogP contribution in [-0.4, -0.2) is 18.0 Å². The molecule has 0 saturated heterocycles. The molecule has 0 radical (unpaired) electrons. The Hall–Kier alpha value is -1.69. The van der Waals surface area contributed by atoms with Crippen molar-refractivity contribution in [2.75, 3.05) is 7.11 Å². The molecule has 1 aromatic carbocycles. The number of hydrogen-bond donors (Lipinski definition) is 0. The van der Waals surface area contributed by atoms with Gasteiger partial charge in [-0.25, -0.2) is 0 Å². The standard InChI is InChI=1S/C10H9ClFNO4/c1-17-10(14)4-6-3-9(13(15)16)8(12)2-7(6)5-11/h2-3H,4-5H2,1H3. The van der Waals surface area contributed by atoms with Gasteiger partial charge < -0.3 is 4.74 Å². The molecule has 5 nitrogen and oxygen atoms in total. The van der Waals surface area contributed by atoms with Gasteiger partial charge in [0.2, 0.25) is 5.82 Å². The zero-order chi connectivity index (χ0) is 13.0. The summed E-state index contributed by atoms with van der Waals surface area (Å²) in [5.41, 5.74) is -0.0575. The molecule has 0 unspecified atom stereocenters. The van der Waals surface area contributed by atoms with E-state index >= 15 is 0 Å². The van der Waals surface area contributed by atoms with Gasteiger partial charge in [0.1, 0.15) is 0 Å². The average molecular weight is 262 g/mol. The number of carbonyl (C=O) groups excluding carboxylic acids is 1. The lowest BCUT2D eigenvalue weighted by molar-refractivity contribution is -0.387. The van der Waals surface area contributed by atoms with Gasteiger partial charge in [-0.05, 0) is 17.2 Å². The zero-order valence-corrected chi connectivity index (χ0v) is 9.66. The van der Waals surface area contributed by atoms with Crippen LogP contribution in [0.1, 0.15) is 11.1 Å². The summed E-state index contributed by atoms with van der Waals surface area (Å²) in [6, 6.07) is 1.97. The number of nitro groups is 1. The molecule has 0 atom stereocenters. The van der Waals surface area contributed by atoms with Crippen molar-refractivity contribution in [3.63, 3.8) is 0 Å². The van der Waals surface area contributed by atoms with Crippen LogP contribution >= 0.6 is 11.6 Å². The number of rotatable bonds is 4. The molecule has 7 heteroatoms. The number of esters is 1. The highest BCUT2D eigenvalue weighted by Crippen LogP contribution is 2.24. The topological polar surface area (TPSA) is 69.4 Å². The molecule has 1 rings (SSSR count). The van der Waals surface area contributed by atoms with E-state index in [1.807, 2.05) is 0 Å². The third-order valence-electron chi connectivity index (χ3n) is 2.17. The first-order chi connectivity index (χ1) is 7.99. The van der Waals surface area contributed by atoms with Crippen molar-refractivity contribution in [2.45, 2.75) is 12.3 Å². The summed E-state index contributed by atoms with van der Waals surface area (Å²) < 4.78 is 17.7. The number of nitro benzene ring substituents is 1. The van der Waals surface area contributed by atoms with Gasteiger partial charge in [0, 0.05) is 11.9 Å². The maximum Gasteiger partial charge on any atom is 0.309 e. The van der Waals surface area contributed by atoms with Gasteiger partial charge in [-0.1, -0.05) is 0 Å². The maximum absolute atomic E-state index is 13.3. The second kappa shape index (κ2) is 5.58. The normalized spacial score (nSPS) is 10.1. The Balaban J connectivity index is 3.21. The van der Waals surface area contributed by atoms with Gasteiger partial charge in [-0.3, -0.25) is 14.9 Å². The van der Waals surface area contributed by atoms with Gasteiger partial charge in [0.25, 0.3) is 0 Å². The summed E-state index contributed by atoms with van der Waals surface area (Å²) in [5, 5.41) is 10.5. The Morgan fingerprint density at radius 2 is 2.18 bits per heavy atom. The van der Waals surface area contributed by atoms with Crippen LogP contribution in [0.3, 0.4) is 0 Å². The van der Waals surface area contributed by atoms with E-state index in [2.05, 4.69) is 4.74 Å². The highest BCUT2D eigenvalue weighted by atomic mass is 35.5. The smallest absolute Gasteiger partial charge is 0.309 e. The molecule has 0 heterocycles. The second-order valence-corrected chi connectivity index (χ2v) is 3.48. The summed E-state index contributed by atoms with van der Waals surface area (Å²) in [4.78, 5) is 20.8. The lowest BCUT2D eigenvalue weighted by Gasteiger charge is -2.06. The number of carbonyl (C=O) groups is 1. The van der Waals surface area contributed by atoms with E-state index in [4.69, 9.17) is 11.6 Å². The summed E-state index contributed by atoms with van der Waals surface area (Å²) in [6.45, 7) is 0. The predicted molar refractivity (Wildman–Crippen MR) is 58.3 cm³/mol. The molecule has 0 aliphatic rings. The summed E-state index contributed by atoms with van der Waals surface area (Å²) in [5.74, 6) is -1.59. The van der Waals surface area contributed by atoms with Gasteiger partial charge >= 0.3 is 11.7 Å². The summed E-state index contributed by atoms with van der Waals surface area (Å²) >= 11 is 5.57. The van der Waals surface area contributed by atoms with E-state index in [1.54, 1.807) is 0 Å². The molecule has 0 N–H and O–H groups in total. The number of benzene rings is 1. The first-order valence-electron chi connectivity index (χ1n) is 4.58. The van der Waals surface area contributed by atoms with Crippen molar-refractivity contribution in [1.82, 2.24) is 0 Å². The Bertz CT molecular complexity index is 464. The minimum absolute atomic E-state index is 0.0404. The van der Waals surface area contributed by atoms with Crippen LogP contribution in [0.25, 0.3) is 0 Å². The third-order valence-corrected chi connectivity index (χ3v) is 2.46. The number of halogens is 2. The van der Waals surface area contributed by atoms with Gasteiger partial charge in [0.05, 0.1) is 18.5 Å². The van der Waals surface area contributed by atoms with Crippen molar-refractivity contribution in [3.05, 3.63) is 39.2 Å². The average Bonchev–Trinajstić information content (AvgIpc) is 2.30. The van der Waals surface area contributed by atoms with E-state index in [1.165, 1.54) is 7.11 Å². The number of ether oxygens (including phenoxy) is 1. The summed E-state index contributed by atoms with van der Waals surface area (Å²) in [6.07, 6.45) is -0.181. The molecule has 0 aromatic heterocycles. The van der Waals surface area contributed by atoms with Crippen LogP contribution < -0.4 is 0 Å². The molecule has 17 heavy (non-hydrogen) atoms. The molecular formula is C10H9ClFNO4. The first-order valence-corrected chi connectivity index (χ1v) is 5.11. The fraction of sp³-hybridized carbons (Fsp3) is 0.300. The van der Waals surface area contributed by atoms with Crippen molar-refractivity contribution in [3.8, 4) is 0 Å². The number of alkyl halides is 1. The fourth-order valence-electron chi connectivity index (χ4n) is 1.30. The zero-order valence-electron chi connectivity index (χ0n) is 8.91. The molecule has 0 spiro atoms. The SMILES string of the molecule is COC(=O)Cc1cc([N+](=O)[O-])c(F)cc1CCl. The van der Waals surface area contributed by atoms with Gasteiger partial charge in [-0.2, -0.15) is 4.39 Å². The van der Waals surface area contributed by atoms with Crippen molar-refractivity contribution in [2.24, 2.45) is 0 Å². The molecular weight excluding hydrogens is 253 g/mol. The lowest BCUT2D eigenvalue weighted by atomic mass is 10.0. The van der Waals surface area contributed by atoms with Crippen molar-refractivity contribution < 1.29 is 18.8 Å². The van der Waals surface area contributed by atoms with Crippen LogP contribution in [0, 0.1) is 15.9 Å². The largest absolute Gasteiger partial charge is 0.469 e. The first kappa shape index (κ1) is 13.4. The monoisotopic (exact) mass is 261 g/mol. The molecule has 1 aromatic rings. The van der Waals surface area contributed by atoms with Crippen molar-refractivity contribution >= 4 is 23.3 Å². The second-order valence-electron chi connectivity index (χ2n) is 3.22. The minimum atomic E-state index is -0.973. The Labute approximate surface area is 101 Å². The number of nitrogens with zero attached hydrogens (tertiary/aromatic N) is 1. The minimum Gasteiger partial charge on any atom is -0.469 e. The molecule has 0 bridgehead atoms. The number of methoxy groups -OCH3 is 1. The fourth-order valence-corrected chi connectivity index (χ4v) is 1.55. The third kappa shape index (κ3) is 3.13. The van der Waals surface area contributed by atoms with Gasteiger partial charge in [-0.15, -0.1) is 11.6 Å². The quantitative estimate of drug-likeness (QED) is 0.360. The van der Waals surface area contributed by atoms with Crippen LogP contribution in [0.2, 0.25) is 0 Å². The van der Waals surface area contributed by atoms with E-state index in [0.29, 0.717) is 11.1 Å². The summed E-state index contributed by atoms with van der Waals surface area (Å²) in [7, 11) is 1.20. The molecule has 0 aliphatic carbocycles. The van der Waals surface area contributed by atoms with E-state index in [0.717, 1.165) is 12.1 Å². The Morgan fingerprint density at radius 3 is 2.65 bits per heavy atom. The predicted octanol–water partition coefficient (Wildman–Crippen LogP) is 2.19. The van der Waals surface area contributed by atoms with Crippen LogP contribution in [0.4, 0.5) is 10.1 Å². The Morgan fingerprint density at radius 1 is 1.53 bits per heavy atom. The van der Waals surface area contributed by atoms with Crippen LogP contribution in [-0.2, 0) is 21.8 Å². The highest BCUT2D eigenvalue weighted by Gasteiger charge is 2.19. The van der Waals surface area contributed by atoms with Gasteiger partial charge in [0.15, 0.2) is 0 Å². The van der Waals surface area contributed by atoms with Crippen molar-refractivity contribution in [1.29, 1.82) is 0 Å². The maximum atomic E-state index is 13.3. The number of hydrogen-bond acceptors (Lipinski definition) is 4. The van der Waals surface area contributed by atoms with E-state index in [-0.39, 0.29) is 12.3 Å². The molecule has 0 aliphatic heterocycles. The molecule has 0 fully saturated rings. The van der Waals surface area contributed by atoms with Crippen LogP contribution in [0.5, 0.6) is 0 Å². The molecule has 0 amide bonds. The van der Waals surface area contributed by atoms with E-state index < -0.39 is 22.4 Å². The molecule has 0 saturated carbocycles. The highest BCUT2D eigenvalue weighted by molar-refractivity contribution is 6.17. The van der Waals surface area contributed by atoms with Crippen LogP contribution in [0.15, 0.2) is 12.1 Å².